The third-order valence-electron chi connectivity index (χ3n) is 4.92. The second-order valence-electron chi connectivity index (χ2n) is 6.57. The Morgan fingerprint density at radius 3 is 2.70 bits per heavy atom. The fourth-order valence-electron chi connectivity index (χ4n) is 3.58. The minimum absolute atomic E-state index is 0.0476. The molecule has 0 spiro atoms. The molecule has 3 heterocycles. The number of aromatic nitrogens is 3. The number of pyridine rings is 1. The lowest BCUT2D eigenvalue weighted by atomic mass is 9.94. The molecule has 7 heteroatoms. The van der Waals surface area contributed by atoms with Crippen LogP contribution in [0.15, 0.2) is 48.9 Å². The summed E-state index contributed by atoms with van der Waals surface area (Å²) in [6.07, 6.45) is 8.23. The molecule has 0 radical (unpaired) electrons. The summed E-state index contributed by atoms with van der Waals surface area (Å²) in [6.45, 7) is 0.693. The van der Waals surface area contributed by atoms with E-state index in [1.807, 2.05) is 17.0 Å². The number of aromatic amines is 1. The lowest BCUT2D eigenvalue weighted by Crippen LogP contribution is -2.38. The molecule has 27 heavy (non-hydrogen) atoms. The van der Waals surface area contributed by atoms with E-state index in [9.17, 15) is 4.79 Å². The molecular formula is C20H18Cl2N4O. The van der Waals surface area contributed by atoms with E-state index in [2.05, 4.69) is 15.2 Å². The van der Waals surface area contributed by atoms with Gasteiger partial charge in [0.05, 0.1) is 28.0 Å². The number of piperidine rings is 1. The monoisotopic (exact) mass is 400 g/mol. The SMILES string of the molecule is O=C(c1ccc(Cl)c(Cl)c1)N1CCCC[C@H]1c1[nH]ncc1-c1ccncc1. The van der Waals surface area contributed by atoms with Crippen molar-refractivity contribution in [2.24, 2.45) is 0 Å². The summed E-state index contributed by atoms with van der Waals surface area (Å²) >= 11 is 12.1. The van der Waals surface area contributed by atoms with Crippen molar-refractivity contribution in [1.82, 2.24) is 20.1 Å². The summed E-state index contributed by atoms with van der Waals surface area (Å²) in [5.74, 6) is -0.0476. The van der Waals surface area contributed by atoms with Crippen LogP contribution < -0.4 is 0 Å². The highest BCUT2D eigenvalue weighted by molar-refractivity contribution is 6.42. The number of halogens is 2. The highest BCUT2D eigenvalue weighted by atomic mass is 35.5. The number of nitrogens with one attached hydrogen (secondary N) is 1. The molecule has 2 aromatic heterocycles. The maximum Gasteiger partial charge on any atom is 0.254 e. The van der Waals surface area contributed by atoms with Crippen LogP contribution in [0.4, 0.5) is 0 Å². The summed E-state index contributed by atoms with van der Waals surface area (Å²) in [5, 5.41) is 8.19. The molecule has 3 aromatic rings. The number of carbonyl (C=O) groups excluding carboxylic acids is 1. The normalized spacial score (nSPS) is 17.1. The summed E-state index contributed by atoms with van der Waals surface area (Å²) < 4.78 is 0. The number of rotatable bonds is 3. The zero-order valence-electron chi connectivity index (χ0n) is 14.5. The van der Waals surface area contributed by atoms with Crippen LogP contribution in [0.3, 0.4) is 0 Å². The first-order valence-electron chi connectivity index (χ1n) is 8.85. The highest BCUT2D eigenvalue weighted by Gasteiger charge is 2.31. The predicted molar refractivity (Wildman–Crippen MR) is 106 cm³/mol. The molecule has 0 unspecified atom stereocenters. The van der Waals surface area contributed by atoms with Crippen LogP contribution in [0.2, 0.25) is 10.0 Å². The number of amides is 1. The molecule has 1 aliphatic heterocycles. The number of hydrogen-bond donors (Lipinski definition) is 1. The van der Waals surface area contributed by atoms with Gasteiger partial charge in [-0.15, -0.1) is 0 Å². The van der Waals surface area contributed by atoms with E-state index in [0.29, 0.717) is 22.2 Å². The standard InChI is InChI=1S/C20H18Cl2N4O/c21-16-5-4-14(11-17(16)22)20(27)26-10-2-1-3-18(26)19-15(12-24-25-19)13-6-8-23-9-7-13/h4-9,11-12,18H,1-3,10H2,(H,24,25)/t18-/m0/s1. The average Bonchev–Trinajstić information content (AvgIpc) is 3.20. The first-order valence-corrected chi connectivity index (χ1v) is 9.60. The largest absolute Gasteiger partial charge is 0.330 e. The predicted octanol–water partition coefficient (Wildman–Crippen LogP) is 5.15. The quantitative estimate of drug-likeness (QED) is 0.661. The summed E-state index contributed by atoms with van der Waals surface area (Å²) in [4.78, 5) is 19.2. The van der Waals surface area contributed by atoms with Crippen molar-refractivity contribution in [2.75, 3.05) is 6.54 Å². The number of likely N-dealkylation sites (tertiary alicyclic amines) is 1. The molecule has 0 bridgehead atoms. The Balaban J connectivity index is 1.69. The number of hydrogen-bond acceptors (Lipinski definition) is 3. The zero-order chi connectivity index (χ0) is 18.8. The van der Waals surface area contributed by atoms with Crippen molar-refractivity contribution in [2.45, 2.75) is 25.3 Å². The van der Waals surface area contributed by atoms with Crippen LogP contribution in [0.1, 0.15) is 41.4 Å². The van der Waals surface area contributed by atoms with E-state index < -0.39 is 0 Å². The van der Waals surface area contributed by atoms with Gasteiger partial charge in [-0.3, -0.25) is 14.9 Å². The molecule has 1 fully saturated rings. The van der Waals surface area contributed by atoms with E-state index in [1.54, 1.807) is 36.8 Å². The van der Waals surface area contributed by atoms with Crippen LogP contribution in [-0.2, 0) is 0 Å². The maximum absolute atomic E-state index is 13.2. The van der Waals surface area contributed by atoms with Crippen LogP contribution in [0.5, 0.6) is 0 Å². The lowest BCUT2D eigenvalue weighted by molar-refractivity contribution is 0.0607. The Kier molecular flexibility index (Phi) is 5.14. The average molecular weight is 401 g/mol. The van der Waals surface area contributed by atoms with Crippen molar-refractivity contribution in [3.8, 4) is 11.1 Å². The van der Waals surface area contributed by atoms with Gasteiger partial charge in [0.15, 0.2) is 0 Å². The maximum atomic E-state index is 13.2. The van der Waals surface area contributed by atoms with Gasteiger partial charge in [0.2, 0.25) is 0 Å². The molecule has 1 aliphatic rings. The van der Waals surface area contributed by atoms with Gasteiger partial charge < -0.3 is 4.90 Å². The van der Waals surface area contributed by atoms with Crippen LogP contribution in [-0.4, -0.2) is 32.5 Å². The first kappa shape index (κ1) is 18.0. The molecule has 4 rings (SSSR count). The third kappa shape index (κ3) is 3.57. The van der Waals surface area contributed by atoms with Gasteiger partial charge in [0.1, 0.15) is 0 Å². The summed E-state index contributed by atoms with van der Waals surface area (Å²) in [6, 6.07) is 8.85. The van der Waals surface area contributed by atoms with E-state index in [1.165, 1.54) is 0 Å². The van der Waals surface area contributed by atoms with Crippen molar-refractivity contribution in [3.05, 3.63) is 70.2 Å². The summed E-state index contributed by atoms with van der Waals surface area (Å²) in [5.41, 5.74) is 3.52. The van der Waals surface area contributed by atoms with Crippen molar-refractivity contribution in [3.63, 3.8) is 0 Å². The van der Waals surface area contributed by atoms with Gasteiger partial charge in [-0.1, -0.05) is 23.2 Å². The zero-order valence-corrected chi connectivity index (χ0v) is 16.0. The van der Waals surface area contributed by atoms with Crippen molar-refractivity contribution < 1.29 is 4.79 Å². The number of H-pyrrole nitrogens is 1. The minimum Gasteiger partial charge on any atom is -0.330 e. The second-order valence-corrected chi connectivity index (χ2v) is 7.39. The van der Waals surface area contributed by atoms with Gasteiger partial charge >= 0.3 is 0 Å². The van der Waals surface area contributed by atoms with E-state index in [-0.39, 0.29) is 11.9 Å². The Labute approximate surface area is 167 Å². The highest BCUT2D eigenvalue weighted by Crippen LogP contribution is 2.36. The smallest absolute Gasteiger partial charge is 0.254 e. The molecule has 1 atom stereocenters. The molecule has 0 saturated carbocycles. The van der Waals surface area contributed by atoms with Crippen LogP contribution >= 0.6 is 23.2 Å². The van der Waals surface area contributed by atoms with Gasteiger partial charge in [-0.25, -0.2) is 0 Å². The Morgan fingerprint density at radius 2 is 1.93 bits per heavy atom. The number of nitrogens with zero attached hydrogens (tertiary/aromatic N) is 3. The van der Waals surface area contributed by atoms with Crippen molar-refractivity contribution >= 4 is 29.1 Å². The molecule has 5 nitrogen and oxygen atoms in total. The summed E-state index contributed by atoms with van der Waals surface area (Å²) in [7, 11) is 0. The van der Waals surface area contributed by atoms with E-state index in [0.717, 1.165) is 36.1 Å². The van der Waals surface area contributed by atoms with Gasteiger partial charge in [-0.2, -0.15) is 5.10 Å². The number of benzene rings is 1. The first-order chi connectivity index (χ1) is 13.1. The topological polar surface area (TPSA) is 61.9 Å². The fourth-order valence-corrected chi connectivity index (χ4v) is 3.88. The molecule has 1 N–H and O–H groups in total. The Morgan fingerprint density at radius 1 is 1.11 bits per heavy atom. The Hall–Kier alpha value is -2.37. The van der Waals surface area contributed by atoms with Gasteiger partial charge in [0.25, 0.3) is 5.91 Å². The van der Waals surface area contributed by atoms with Gasteiger partial charge in [-0.05, 0) is 55.2 Å². The molecule has 1 amide bonds. The third-order valence-corrected chi connectivity index (χ3v) is 5.66. The van der Waals surface area contributed by atoms with E-state index >= 15 is 0 Å². The molecule has 0 aliphatic carbocycles. The second kappa shape index (κ2) is 7.71. The van der Waals surface area contributed by atoms with Gasteiger partial charge in [0, 0.05) is 30.1 Å². The molecule has 138 valence electrons. The molecule has 1 aromatic carbocycles. The molecular weight excluding hydrogens is 383 g/mol. The lowest BCUT2D eigenvalue weighted by Gasteiger charge is -2.35. The Bertz CT molecular complexity index is 958. The molecule has 1 saturated heterocycles. The van der Waals surface area contributed by atoms with Crippen molar-refractivity contribution in [1.29, 1.82) is 0 Å². The van der Waals surface area contributed by atoms with E-state index in [4.69, 9.17) is 23.2 Å². The fraction of sp³-hybridized carbons (Fsp3) is 0.250. The number of carbonyl (C=O) groups is 1. The van der Waals surface area contributed by atoms with Crippen LogP contribution in [0.25, 0.3) is 11.1 Å². The van der Waals surface area contributed by atoms with Crippen LogP contribution in [0, 0.1) is 0 Å². The minimum atomic E-state index is -0.0635.